The molecule has 1 N–H and O–H groups in total. The van der Waals surface area contributed by atoms with Gasteiger partial charge in [0.25, 0.3) is 11.8 Å². The Morgan fingerprint density at radius 3 is 2.44 bits per heavy atom. The maximum Gasteiger partial charge on any atom is 0.335 e. The van der Waals surface area contributed by atoms with Crippen LogP contribution in [0.5, 0.6) is 5.75 Å². The fourth-order valence-electron chi connectivity index (χ4n) is 2.75. The summed E-state index contributed by atoms with van der Waals surface area (Å²) in [6.45, 7) is 2.01. The number of anilines is 1. The molecule has 1 saturated heterocycles. The number of nitrogens with zero attached hydrogens (tertiary/aromatic N) is 1. The van der Waals surface area contributed by atoms with Crippen molar-refractivity contribution < 1.29 is 19.1 Å². The van der Waals surface area contributed by atoms with E-state index in [1.807, 2.05) is 19.1 Å². The average Bonchev–Trinajstić information content (AvgIpc) is 2.65. The lowest BCUT2D eigenvalue weighted by Crippen LogP contribution is -2.54. The van der Waals surface area contributed by atoms with Crippen LogP contribution in [0.3, 0.4) is 0 Å². The molecule has 0 saturated carbocycles. The smallest absolute Gasteiger partial charge is 0.335 e. The number of imide groups is 2. The third-order valence-corrected chi connectivity index (χ3v) is 4.43. The van der Waals surface area contributed by atoms with Crippen LogP contribution in [0, 0.1) is 0 Å². The second-order valence-electron chi connectivity index (χ2n) is 5.86. The number of aryl methyl sites for hydroxylation is 1. The number of barbiturate groups is 1. The number of benzene rings is 2. The number of hydrogen-bond acceptors (Lipinski definition) is 4. The van der Waals surface area contributed by atoms with E-state index in [0.29, 0.717) is 22.0 Å². The molecule has 1 aliphatic heterocycles. The maximum absolute atomic E-state index is 12.9. The number of halogens is 1. The molecule has 1 fully saturated rings. The summed E-state index contributed by atoms with van der Waals surface area (Å²) >= 11 is 6.01. The molecule has 0 aromatic heterocycles. The second kappa shape index (κ2) is 7.63. The highest BCUT2D eigenvalue weighted by atomic mass is 35.5. The maximum atomic E-state index is 12.9. The third-order valence-electron chi connectivity index (χ3n) is 4.20. The molecule has 0 atom stereocenters. The normalized spacial score (nSPS) is 15.9. The van der Waals surface area contributed by atoms with Crippen LogP contribution in [0.1, 0.15) is 18.1 Å². The van der Waals surface area contributed by atoms with E-state index in [-0.39, 0.29) is 5.57 Å². The molecule has 1 aliphatic rings. The minimum atomic E-state index is -0.788. The highest BCUT2D eigenvalue weighted by Gasteiger charge is 2.36. The molecule has 138 valence electrons. The van der Waals surface area contributed by atoms with E-state index >= 15 is 0 Å². The molecule has 7 heteroatoms. The van der Waals surface area contributed by atoms with Crippen LogP contribution in [0.15, 0.2) is 48.0 Å². The van der Waals surface area contributed by atoms with Gasteiger partial charge in [0.05, 0.1) is 12.8 Å². The van der Waals surface area contributed by atoms with Crippen LogP contribution in [-0.2, 0) is 16.0 Å². The van der Waals surface area contributed by atoms with E-state index in [9.17, 15) is 14.4 Å². The molecule has 1 heterocycles. The van der Waals surface area contributed by atoms with E-state index in [2.05, 4.69) is 5.32 Å². The van der Waals surface area contributed by atoms with Gasteiger partial charge in [0, 0.05) is 10.6 Å². The van der Waals surface area contributed by atoms with E-state index in [4.69, 9.17) is 16.3 Å². The van der Waals surface area contributed by atoms with Gasteiger partial charge in [-0.3, -0.25) is 14.9 Å². The molecule has 27 heavy (non-hydrogen) atoms. The molecule has 0 unspecified atom stereocenters. The number of ether oxygens (including phenoxy) is 1. The largest absolute Gasteiger partial charge is 0.496 e. The first kappa shape index (κ1) is 18.7. The van der Waals surface area contributed by atoms with Crippen molar-refractivity contribution in [3.05, 3.63) is 64.2 Å². The van der Waals surface area contributed by atoms with E-state index in [1.165, 1.54) is 13.2 Å². The van der Waals surface area contributed by atoms with Gasteiger partial charge < -0.3 is 4.74 Å². The lowest BCUT2D eigenvalue weighted by atomic mass is 10.1. The summed E-state index contributed by atoms with van der Waals surface area (Å²) in [5.41, 5.74) is 1.72. The lowest BCUT2D eigenvalue weighted by Gasteiger charge is -2.26. The van der Waals surface area contributed by atoms with Gasteiger partial charge in [0.1, 0.15) is 11.3 Å². The molecular weight excluding hydrogens is 368 g/mol. The van der Waals surface area contributed by atoms with E-state index in [0.717, 1.165) is 16.9 Å². The fourth-order valence-corrected chi connectivity index (χ4v) is 2.93. The van der Waals surface area contributed by atoms with Crippen LogP contribution in [0.2, 0.25) is 5.02 Å². The van der Waals surface area contributed by atoms with Crippen molar-refractivity contribution in [2.75, 3.05) is 12.0 Å². The quantitative estimate of drug-likeness (QED) is 0.645. The monoisotopic (exact) mass is 384 g/mol. The zero-order chi connectivity index (χ0) is 19.6. The van der Waals surface area contributed by atoms with E-state index in [1.54, 1.807) is 30.3 Å². The Kier molecular flexibility index (Phi) is 5.28. The summed E-state index contributed by atoms with van der Waals surface area (Å²) < 4.78 is 5.24. The standard InChI is InChI=1S/C20H17ClN2O4/c1-3-12-4-7-15(8-5-12)23-19(25)16(18(24)22-20(23)26)11-13-10-14(21)6-9-17(13)27-2/h4-11H,3H2,1-2H3,(H,22,24,26)/b16-11-. The summed E-state index contributed by atoms with van der Waals surface area (Å²) in [5, 5.41) is 2.62. The third kappa shape index (κ3) is 3.71. The van der Waals surface area contributed by atoms with Gasteiger partial charge in [-0.2, -0.15) is 0 Å². The average molecular weight is 385 g/mol. The molecule has 0 spiro atoms. The number of amides is 4. The van der Waals surface area contributed by atoms with Crippen molar-refractivity contribution in [3.63, 3.8) is 0 Å². The van der Waals surface area contributed by atoms with E-state index < -0.39 is 17.8 Å². The van der Waals surface area contributed by atoms with Crippen LogP contribution in [-0.4, -0.2) is 25.0 Å². The number of urea groups is 1. The number of methoxy groups -OCH3 is 1. The lowest BCUT2D eigenvalue weighted by molar-refractivity contribution is -0.122. The first-order valence-corrected chi connectivity index (χ1v) is 8.66. The van der Waals surface area contributed by atoms with Gasteiger partial charge >= 0.3 is 6.03 Å². The van der Waals surface area contributed by atoms with Gasteiger partial charge in [0.15, 0.2) is 0 Å². The predicted octanol–water partition coefficient (Wildman–Crippen LogP) is 3.58. The Bertz CT molecular complexity index is 951. The summed E-state index contributed by atoms with van der Waals surface area (Å²) in [6.07, 6.45) is 2.20. The number of rotatable bonds is 4. The van der Waals surface area contributed by atoms with Crippen molar-refractivity contribution in [2.24, 2.45) is 0 Å². The molecule has 0 bridgehead atoms. The Labute approximate surface area is 161 Å². The van der Waals surface area contributed by atoms with Gasteiger partial charge in [-0.1, -0.05) is 30.7 Å². The highest BCUT2D eigenvalue weighted by Crippen LogP contribution is 2.27. The van der Waals surface area contributed by atoms with Crippen molar-refractivity contribution in [1.29, 1.82) is 0 Å². The Hall–Kier alpha value is -3.12. The number of nitrogens with one attached hydrogen (secondary N) is 1. The zero-order valence-electron chi connectivity index (χ0n) is 14.8. The van der Waals surface area contributed by atoms with Crippen LogP contribution in [0.4, 0.5) is 10.5 Å². The van der Waals surface area contributed by atoms with Crippen molar-refractivity contribution in [1.82, 2.24) is 5.32 Å². The van der Waals surface area contributed by atoms with Gasteiger partial charge in [-0.15, -0.1) is 0 Å². The zero-order valence-corrected chi connectivity index (χ0v) is 15.5. The van der Waals surface area contributed by atoms with Crippen LogP contribution in [0.25, 0.3) is 6.08 Å². The molecule has 2 aromatic rings. The van der Waals surface area contributed by atoms with Crippen molar-refractivity contribution in [3.8, 4) is 5.75 Å². The van der Waals surface area contributed by atoms with Crippen LogP contribution < -0.4 is 15.0 Å². The fraction of sp³-hybridized carbons (Fsp3) is 0.150. The minimum Gasteiger partial charge on any atom is -0.496 e. The molecule has 6 nitrogen and oxygen atoms in total. The predicted molar refractivity (Wildman–Crippen MR) is 103 cm³/mol. The van der Waals surface area contributed by atoms with Gasteiger partial charge in [-0.05, 0) is 48.4 Å². The Balaban J connectivity index is 2.03. The summed E-state index contributed by atoms with van der Waals surface area (Å²) in [7, 11) is 1.47. The summed E-state index contributed by atoms with van der Waals surface area (Å²) in [4.78, 5) is 38.3. The second-order valence-corrected chi connectivity index (χ2v) is 6.30. The molecule has 3 rings (SSSR count). The van der Waals surface area contributed by atoms with Gasteiger partial charge in [0.2, 0.25) is 0 Å². The summed E-state index contributed by atoms with van der Waals surface area (Å²) in [6, 6.07) is 11.1. The Morgan fingerprint density at radius 1 is 1.11 bits per heavy atom. The topological polar surface area (TPSA) is 75.7 Å². The number of hydrogen-bond donors (Lipinski definition) is 1. The SMILES string of the molecule is CCc1ccc(N2C(=O)NC(=O)/C(=C/c3cc(Cl)ccc3OC)C2=O)cc1. The highest BCUT2D eigenvalue weighted by molar-refractivity contribution is 6.39. The van der Waals surface area contributed by atoms with Gasteiger partial charge in [-0.25, -0.2) is 9.69 Å². The molecule has 2 aromatic carbocycles. The Morgan fingerprint density at radius 2 is 1.81 bits per heavy atom. The molecule has 4 amide bonds. The van der Waals surface area contributed by atoms with Crippen LogP contribution >= 0.6 is 11.6 Å². The first-order valence-electron chi connectivity index (χ1n) is 8.28. The number of carbonyl (C=O) groups is 3. The molecule has 0 aliphatic carbocycles. The van der Waals surface area contributed by atoms with Crippen molar-refractivity contribution >= 4 is 41.2 Å². The first-order chi connectivity index (χ1) is 12.9. The number of carbonyl (C=O) groups excluding carboxylic acids is 3. The molecule has 0 radical (unpaired) electrons. The van der Waals surface area contributed by atoms with Crippen molar-refractivity contribution in [2.45, 2.75) is 13.3 Å². The minimum absolute atomic E-state index is 0.185. The molecular formula is C20H17ClN2O4. The summed E-state index contributed by atoms with van der Waals surface area (Å²) in [5.74, 6) is -1.04.